The van der Waals surface area contributed by atoms with E-state index in [-0.39, 0.29) is 36.2 Å². The zero-order valence-electron chi connectivity index (χ0n) is 15.7. The Morgan fingerprint density at radius 2 is 1.70 bits per heavy atom. The van der Waals surface area contributed by atoms with E-state index in [0.29, 0.717) is 37.9 Å². The predicted molar refractivity (Wildman–Crippen MR) is 105 cm³/mol. The lowest BCUT2D eigenvalue weighted by molar-refractivity contribution is -0.133. The highest BCUT2D eigenvalue weighted by molar-refractivity contribution is 5.88. The van der Waals surface area contributed by atoms with Gasteiger partial charge in [-0.2, -0.15) is 0 Å². The molecule has 4 rings (SSSR count). The second-order valence-electron chi connectivity index (χ2n) is 8.38. The van der Waals surface area contributed by atoms with E-state index in [1.165, 1.54) is 18.6 Å². The van der Waals surface area contributed by atoms with Gasteiger partial charge in [0.2, 0.25) is 5.91 Å². The topological polar surface area (TPSA) is 64.3 Å². The van der Waals surface area contributed by atoms with Gasteiger partial charge in [0.15, 0.2) is 0 Å². The summed E-state index contributed by atoms with van der Waals surface area (Å²) in [5.74, 6) is 0.801. The first kappa shape index (κ1) is 20.6. The summed E-state index contributed by atoms with van der Waals surface area (Å²) < 4.78 is 18.9. The molecule has 4 nitrogen and oxygen atoms in total. The number of nitrogens with two attached hydrogens (primary N) is 1. The highest BCUT2D eigenvalue weighted by atomic mass is 35.5. The van der Waals surface area contributed by atoms with Crippen LogP contribution in [0.5, 0.6) is 0 Å². The van der Waals surface area contributed by atoms with Gasteiger partial charge in [-0.1, -0.05) is 18.6 Å². The third-order valence-electron chi connectivity index (χ3n) is 6.85. The smallest absolute Gasteiger partial charge is 0.231 e. The van der Waals surface area contributed by atoms with Crippen molar-refractivity contribution in [3.8, 4) is 0 Å². The van der Waals surface area contributed by atoms with Crippen LogP contribution in [0.3, 0.4) is 0 Å². The van der Waals surface area contributed by atoms with Crippen LogP contribution in [-0.2, 0) is 14.9 Å². The highest BCUT2D eigenvalue weighted by Crippen LogP contribution is 2.41. The molecule has 150 valence electrons. The molecular formula is C21H30ClFN2O2. The molecule has 3 aliphatic rings. The third-order valence-corrected chi connectivity index (χ3v) is 6.85. The summed E-state index contributed by atoms with van der Waals surface area (Å²) in [6.45, 7) is 1.13. The summed E-state index contributed by atoms with van der Waals surface area (Å²) in [6, 6.07) is 6.93. The van der Waals surface area contributed by atoms with Gasteiger partial charge in [-0.05, 0) is 68.1 Å². The van der Waals surface area contributed by atoms with Crippen molar-refractivity contribution in [1.29, 1.82) is 0 Å². The van der Waals surface area contributed by atoms with Crippen LogP contribution in [0.15, 0.2) is 24.3 Å². The van der Waals surface area contributed by atoms with Crippen LogP contribution in [0.1, 0.15) is 50.5 Å². The zero-order valence-corrected chi connectivity index (χ0v) is 16.5. The third kappa shape index (κ3) is 4.01. The second kappa shape index (κ2) is 8.46. The fraction of sp³-hybridized carbons (Fsp3) is 0.667. The summed E-state index contributed by atoms with van der Waals surface area (Å²) in [5, 5.41) is 3.42. The van der Waals surface area contributed by atoms with Gasteiger partial charge in [0.25, 0.3) is 0 Å². The predicted octanol–water partition coefficient (Wildman–Crippen LogP) is 3.32. The van der Waals surface area contributed by atoms with Gasteiger partial charge in [0, 0.05) is 25.3 Å². The molecule has 1 amide bonds. The average molecular weight is 397 g/mol. The number of carbonyl (C=O) groups excluding carboxylic acids is 1. The number of amides is 1. The quantitative estimate of drug-likeness (QED) is 0.823. The summed E-state index contributed by atoms with van der Waals surface area (Å²) in [5.41, 5.74) is 6.52. The number of hydrogen-bond donors (Lipinski definition) is 2. The fourth-order valence-electron chi connectivity index (χ4n) is 5.45. The van der Waals surface area contributed by atoms with Crippen LogP contribution in [0.4, 0.5) is 4.39 Å². The maximum absolute atomic E-state index is 13.5. The van der Waals surface area contributed by atoms with Crippen molar-refractivity contribution < 1.29 is 13.9 Å². The zero-order chi connectivity index (χ0) is 18.1. The fourth-order valence-corrected chi connectivity index (χ4v) is 5.45. The van der Waals surface area contributed by atoms with Crippen molar-refractivity contribution in [3.63, 3.8) is 0 Å². The maximum atomic E-state index is 13.5. The Morgan fingerprint density at radius 1 is 1.11 bits per heavy atom. The molecule has 2 saturated carbocycles. The van der Waals surface area contributed by atoms with Gasteiger partial charge < -0.3 is 15.8 Å². The van der Waals surface area contributed by atoms with Crippen LogP contribution in [0.25, 0.3) is 0 Å². The number of rotatable bonds is 3. The Kier molecular flexibility index (Phi) is 6.44. The molecule has 0 aromatic heterocycles. The van der Waals surface area contributed by atoms with Crippen LogP contribution in [0.2, 0.25) is 0 Å². The molecule has 1 saturated heterocycles. The van der Waals surface area contributed by atoms with Crippen molar-refractivity contribution in [3.05, 3.63) is 35.6 Å². The number of fused-ring (bicyclic) bond motifs is 2. The van der Waals surface area contributed by atoms with Gasteiger partial charge in [-0.25, -0.2) is 4.39 Å². The minimum atomic E-state index is -0.611. The van der Waals surface area contributed by atoms with Crippen molar-refractivity contribution in [1.82, 2.24) is 5.32 Å². The normalized spacial score (nSPS) is 32.2. The number of halogens is 2. The lowest BCUT2D eigenvalue weighted by atomic mass is 9.66. The highest BCUT2D eigenvalue weighted by Gasteiger charge is 2.46. The molecule has 1 aromatic carbocycles. The Hall–Kier alpha value is -1.17. The van der Waals surface area contributed by atoms with Crippen molar-refractivity contribution in [2.75, 3.05) is 13.2 Å². The van der Waals surface area contributed by atoms with Crippen molar-refractivity contribution in [2.24, 2.45) is 17.6 Å². The summed E-state index contributed by atoms with van der Waals surface area (Å²) in [6.07, 6.45) is 6.86. The number of hydrogen-bond acceptors (Lipinski definition) is 3. The van der Waals surface area contributed by atoms with Gasteiger partial charge in [0.1, 0.15) is 5.82 Å². The number of nitrogens with one attached hydrogen (secondary N) is 1. The lowest BCUT2D eigenvalue weighted by Gasteiger charge is -2.47. The molecule has 3 N–H and O–H groups in total. The van der Waals surface area contributed by atoms with E-state index in [9.17, 15) is 9.18 Å². The SMILES string of the molecule is Cl.NC1CC2CCCC(C1)C2NC(=O)C1(c2ccc(F)cc2)CCOCC1. The molecule has 0 spiro atoms. The van der Waals surface area contributed by atoms with E-state index in [1.807, 2.05) is 0 Å². The van der Waals surface area contributed by atoms with Crippen LogP contribution < -0.4 is 11.1 Å². The van der Waals surface area contributed by atoms with Gasteiger partial charge >= 0.3 is 0 Å². The van der Waals surface area contributed by atoms with Crippen molar-refractivity contribution in [2.45, 2.75) is 62.4 Å². The number of benzene rings is 1. The summed E-state index contributed by atoms with van der Waals surface area (Å²) in [4.78, 5) is 13.5. The molecule has 2 atom stereocenters. The van der Waals surface area contributed by atoms with Gasteiger partial charge in [-0.15, -0.1) is 12.4 Å². The summed E-state index contributed by atoms with van der Waals surface area (Å²) in [7, 11) is 0. The summed E-state index contributed by atoms with van der Waals surface area (Å²) >= 11 is 0. The first-order chi connectivity index (χ1) is 12.6. The Morgan fingerprint density at radius 3 is 2.30 bits per heavy atom. The molecular weight excluding hydrogens is 367 g/mol. The molecule has 2 bridgehead atoms. The second-order valence-corrected chi connectivity index (χ2v) is 8.38. The standard InChI is InChI=1S/C21H29FN2O2.ClH/c22-17-6-4-16(5-7-17)21(8-10-26-11-9-21)20(25)24-19-14-2-1-3-15(19)13-18(23)12-14;/h4-7,14-15,18-19H,1-3,8-13,23H2,(H,24,25);1H. The average Bonchev–Trinajstić information content (AvgIpc) is 2.63. The van der Waals surface area contributed by atoms with Crippen LogP contribution in [-0.4, -0.2) is 31.2 Å². The van der Waals surface area contributed by atoms with E-state index in [0.717, 1.165) is 31.2 Å². The van der Waals surface area contributed by atoms with E-state index >= 15 is 0 Å². The molecule has 1 aromatic rings. The maximum Gasteiger partial charge on any atom is 0.231 e. The lowest BCUT2D eigenvalue weighted by Crippen LogP contribution is -2.58. The molecule has 0 radical (unpaired) electrons. The first-order valence-electron chi connectivity index (χ1n) is 9.99. The van der Waals surface area contributed by atoms with Crippen LogP contribution in [0, 0.1) is 17.7 Å². The molecule has 2 unspecified atom stereocenters. The molecule has 2 aliphatic carbocycles. The molecule has 6 heteroatoms. The first-order valence-corrected chi connectivity index (χ1v) is 9.99. The molecule has 27 heavy (non-hydrogen) atoms. The largest absolute Gasteiger partial charge is 0.381 e. The van der Waals surface area contributed by atoms with E-state index in [4.69, 9.17) is 10.5 Å². The van der Waals surface area contributed by atoms with Crippen LogP contribution >= 0.6 is 12.4 Å². The van der Waals surface area contributed by atoms with Gasteiger partial charge in [0.05, 0.1) is 5.41 Å². The monoisotopic (exact) mass is 396 g/mol. The Labute approximate surface area is 166 Å². The molecule has 1 heterocycles. The number of ether oxygens (including phenoxy) is 1. The van der Waals surface area contributed by atoms with E-state index in [2.05, 4.69) is 5.32 Å². The van der Waals surface area contributed by atoms with Crippen molar-refractivity contribution >= 4 is 18.3 Å². The Balaban J connectivity index is 0.00000210. The van der Waals surface area contributed by atoms with E-state index < -0.39 is 5.41 Å². The van der Waals surface area contributed by atoms with E-state index in [1.54, 1.807) is 12.1 Å². The molecule has 1 aliphatic heterocycles. The number of carbonyl (C=O) groups is 1. The molecule has 3 fully saturated rings. The minimum Gasteiger partial charge on any atom is -0.381 e. The minimum absolute atomic E-state index is 0. The Bertz CT molecular complexity index is 634. The van der Waals surface area contributed by atoms with Gasteiger partial charge in [-0.3, -0.25) is 4.79 Å².